The molecule has 7 heteroatoms. The summed E-state index contributed by atoms with van der Waals surface area (Å²) in [4.78, 5) is 22.2. The molecule has 0 aliphatic carbocycles. The first-order chi connectivity index (χ1) is 8.86. The van der Waals surface area contributed by atoms with E-state index in [2.05, 4.69) is 10.1 Å². The van der Waals surface area contributed by atoms with Crippen LogP contribution in [0.5, 0.6) is 0 Å². The Morgan fingerprint density at radius 3 is 2.47 bits per heavy atom. The van der Waals surface area contributed by atoms with Crippen molar-refractivity contribution in [2.24, 2.45) is 0 Å². The molecule has 0 atom stereocenters. The van der Waals surface area contributed by atoms with Gasteiger partial charge in [0.2, 0.25) is 0 Å². The van der Waals surface area contributed by atoms with Gasteiger partial charge in [-0.3, -0.25) is 4.79 Å². The van der Waals surface area contributed by atoms with E-state index in [4.69, 9.17) is 0 Å². The fraction of sp³-hybridized carbons (Fsp3) is 0.333. The van der Waals surface area contributed by atoms with Gasteiger partial charge in [0.05, 0.1) is 12.2 Å². The summed E-state index contributed by atoms with van der Waals surface area (Å²) in [5.74, 6) is -2.19. The van der Waals surface area contributed by atoms with E-state index in [0.29, 0.717) is 0 Å². The van der Waals surface area contributed by atoms with Gasteiger partial charge in [-0.15, -0.1) is 0 Å². The third kappa shape index (κ3) is 4.27. The number of rotatable bonds is 3. The second-order valence-electron chi connectivity index (χ2n) is 3.56. The van der Waals surface area contributed by atoms with E-state index in [1.807, 2.05) is 0 Å². The van der Waals surface area contributed by atoms with Gasteiger partial charge in [-0.25, -0.2) is 4.79 Å². The Morgan fingerprint density at radius 2 is 1.89 bits per heavy atom. The second kappa shape index (κ2) is 6.21. The van der Waals surface area contributed by atoms with Crippen molar-refractivity contribution < 1.29 is 27.5 Å². The lowest BCUT2D eigenvalue weighted by Gasteiger charge is -2.12. The SMILES string of the molecule is CCOC(=O)C(=O)NCc1ccccc1C(F)(F)F. The smallest absolute Gasteiger partial charge is 0.416 e. The molecule has 1 rings (SSSR count). The van der Waals surface area contributed by atoms with Gasteiger partial charge in [-0.1, -0.05) is 18.2 Å². The van der Waals surface area contributed by atoms with Crippen molar-refractivity contribution in [1.82, 2.24) is 5.32 Å². The van der Waals surface area contributed by atoms with Crippen LogP contribution in [0.25, 0.3) is 0 Å². The normalized spacial score (nSPS) is 10.9. The fourth-order valence-corrected chi connectivity index (χ4v) is 1.40. The molecule has 0 spiro atoms. The van der Waals surface area contributed by atoms with Crippen molar-refractivity contribution in [3.63, 3.8) is 0 Å². The van der Waals surface area contributed by atoms with Gasteiger partial charge >= 0.3 is 18.1 Å². The van der Waals surface area contributed by atoms with Crippen LogP contribution in [0.1, 0.15) is 18.1 Å². The Hall–Kier alpha value is -2.05. The average molecular weight is 275 g/mol. The van der Waals surface area contributed by atoms with E-state index < -0.39 is 30.2 Å². The third-order valence-corrected chi connectivity index (χ3v) is 2.22. The number of benzene rings is 1. The fourth-order valence-electron chi connectivity index (χ4n) is 1.40. The van der Waals surface area contributed by atoms with Crippen molar-refractivity contribution in [2.75, 3.05) is 6.61 Å². The van der Waals surface area contributed by atoms with E-state index in [9.17, 15) is 22.8 Å². The van der Waals surface area contributed by atoms with Gasteiger partial charge in [-0.05, 0) is 18.6 Å². The van der Waals surface area contributed by atoms with E-state index in [-0.39, 0.29) is 12.2 Å². The van der Waals surface area contributed by atoms with Gasteiger partial charge in [0.15, 0.2) is 0 Å². The van der Waals surface area contributed by atoms with E-state index in [0.717, 1.165) is 6.07 Å². The Balaban J connectivity index is 2.74. The van der Waals surface area contributed by atoms with Crippen LogP contribution >= 0.6 is 0 Å². The monoisotopic (exact) mass is 275 g/mol. The Kier molecular flexibility index (Phi) is 4.91. The molecule has 0 bridgehead atoms. The lowest BCUT2D eigenvalue weighted by molar-refractivity contribution is -0.154. The minimum Gasteiger partial charge on any atom is -0.459 e. The van der Waals surface area contributed by atoms with Gasteiger partial charge in [-0.2, -0.15) is 13.2 Å². The number of halogens is 3. The molecule has 0 aliphatic rings. The van der Waals surface area contributed by atoms with Crippen LogP contribution in [0.15, 0.2) is 24.3 Å². The zero-order valence-electron chi connectivity index (χ0n) is 10.1. The summed E-state index contributed by atoms with van der Waals surface area (Å²) in [5.41, 5.74) is -0.966. The van der Waals surface area contributed by atoms with Crippen molar-refractivity contribution >= 4 is 11.9 Å². The summed E-state index contributed by atoms with van der Waals surface area (Å²) >= 11 is 0. The number of esters is 1. The van der Waals surface area contributed by atoms with Crippen molar-refractivity contribution in [2.45, 2.75) is 19.6 Å². The molecule has 0 saturated carbocycles. The van der Waals surface area contributed by atoms with Crippen LogP contribution in [0.3, 0.4) is 0 Å². The molecule has 0 fully saturated rings. The Labute approximate surface area is 107 Å². The predicted octanol–water partition coefficient (Wildman–Crippen LogP) is 1.88. The van der Waals surface area contributed by atoms with Gasteiger partial charge in [0.1, 0.15) is 0 Å². The van der Waals surface area contributed by atoms with Gasteiger partial charge in [0.25, 0.3) is 0 Å². The highest BCUT2D eigenvalue weighted by Crippen LogP contribution is 2.31. The maximum Gasteiger partial charge on any atom is 0.416 e. The lowest BCUT2D eigenvalue weighted by atomic mass is 10.1. The molecule has 0 heterocycles. The van der Waals surface area contributed by atoms with E-state index in [1.54, 1.807) is 0 Å². The number of ether oxygens (including phenoxy) is 1. The number of carbonyl (C=O) groups is 2. The lowest BCUT2D eigenvalue weighted by Crippen LogP contribution is -2.32. The van der Waals surface area contributed by atoms with E-state index >= 15 is 0 Å². The highest BCUT2D eigenvalue weighted by Gasteiger charge is 2.32. The highest BCUT2D eigenvalue weighted by molar-refractivity contribution is 6.32. The summed E-state index contributed by atoms with van der Waals surface area (Å²) in [5, 5.41) is 2.08. The maximum atomic E-state index is 12.6. The second-order valence-corrected chi connectivity index (χ2v) is 3.56. The van der Waals surface area contributed by atoms with Crippen molar-refractivity contribution in [3.05, 3.63) is 35.4 Å². The van der Waals surface area contributed by atoms with Crippen LogP contribution < -0.4 is 5.32 Å². The minimum absolute atomic E-state index is 0.0192. The predicted molar refractivity (Wildman–Crippen MR) is 59.9 cm³/mol. The number of alkyl halides is 3. The molecule has 4 nitrogen and oxygen atoms in total. The molecular formula is C12H12F3NO3. The van der Waals surface area contributed by atoms with E-state index in [1.165, 1.54) is 25.1 Å². The van der Waals surface area contributed by atoms with Gasteiger partial charge < -0.3 is 10.1 Å². The molecule has 0 aromatic heterocycles. The summed E-state index contributed by atoms with van der Waals surface area (Å²) in [6, 6.07) is 4.81. The minimum atomic E-state index is -4.51. The summed E-state index contributed by atoms with van der Waals surface area (Å²) in [7, 11) is 0. The molecule has 1 aromatic rings. The summed E-state index contributed by atoms with van der Waals surface area (Å²) in [6.07, 6.45) is -4.51. The van der Waals surface area contributed by atoms with Crippen molar-refractivity contribution in [1.29, 1.82) is 0 Å². The first-order valence-corrected chi connectivity index (χ1v) is 5.46. The molecule has 0 unspecified atom stereocenters. The molecule has 1 aromatic carbocycles. The first kappa shape index (κ1) is 15.0. The molecule has 104 valence electrons. The number of hydrogen-bond acceptors (Lipinski definition) is 3. The summed E-state index contributed by atoms with van der Waals surface area (Å²) < 4.78 is 42.4. The van der Waals surface area contributed by atoms with Crippen LogP contribution in [-0.2, 0) is 27.0 Å². The first-order valence-electron chi connectivity index (χ1n) is 5.46. The standard InChI is InChI=1S/C12H12F3NO3/c1-2-19-11(18)10(17)16-7-8-5-3-4-6-9(8)12(13,14)15/h3-6H,2,7H2,1H3,(H,16,17). The number of nitrogens with one attached hydrogen (secondary N) is 1. The Morgan fingerprint density at radius 1 is 1.26 bits per heavy atom. The van der Waals surface area contributed by atoms with Crippen LogP contribution in [0.2, 0.25) is 0 Å². The molecule has 19 heavy (non-hydrogen) atoms. The highest BCUT2D eigenvalue weighted by atomic mass is 19.4. The molecule has 0 saturated heterocycles. The topological polar surface area (TPSA) is 55.4 Å². The zero-order valence-corrected chi connectivity index (χ0v) is 10.1. The number of carbonyl (C=O) groups excluding carboxylic acids is 2. The van der Waals surface area contributed by atoms with Gasteiger partial charge in [0, 0.05) is 6.54 Å². The largest absolute Gasteiger partial charge is 0.459 e. The number of amides is 1. The van der Waals surface area contributed by atoms with Crippen LogP contribution in [0.4, 0.5) is 13.2 Å². The van der Waals surface area contributed by atoms with Crippen LogP contribution in [0, 0.1) is 0 Å². The number of hydrogen-bond donors (Lipinski definition) is 1. The van der Waals surface area contributed by atoms with Crippen LogP contribution in [-0.4, -0.2) is 18.5 Å². The molecule has 1 amide bonds. The summed E-state index contributed by atoms with van der Waals surface area (Å²) in [6.45, 7) is 1.14. The third-order valence-electron chi connectivity index (χ3n) is 2.22. The maximum absolute atomic E-state index is 12.6. The van der Waals surface area contributed by atoms with Crippen molar-refractivity contribution in [3.8, 4) is 0 Å². The Bertz CT molecular complexity index is 472. The molecule has 0 aliphatic heterocycles. The molecular weight excluding hydrogens is 263 g/mol. The molecule has 1 N–H and O–H groups in total. The zero-order chi connectivity index (χ0) is 14.5. The average Bonchev–Trinajstić information content (AvgIpc) is 2.35. The quantitative estimate of drug-likeness (QED) is 0.677. The molecule has 0 radical (unpaired) electrons.